The Hall–Kier alpha value is -2.40. The zero-order chi connectivity index (χ0) is 20.1. The van der Waals surface area contributed by atoms with Gasteiger partial charge in [-0.1, -0.05) is 30.7 Å². The second-order valence-electron chi connectivity index (χ2n) is 8.34. The largest absolute Gasteiger partial charge is 0.481 e. The summed E-state index contributed by atoms with van der Waals surface area (Å²) in [7, 11) is 0. The van der Waals surface area contributed by atoms with Crippen LogP contribution in [0.25, 0.3) is 11.1 Å². The minimum absolute atomic E-state index is 0.194. The highest BCUT2D eigenvalue weighted by Gasteiger charge is 2.30. The molecule has 2 aliphatic rings. The average Bonchev–Trinajstić information content (AvgIpc) is 3.28. The molecule has 5 nitrogen and oxygen atoms in total. The molecular formula is C24H30N2O3. The van der Waals surface area contributed by atoms with Crippen LogP contribution in [0.5, 0.6) is 5.88 Å². The van der Waals surface area contributed by atoms with Crippen LogP contribution in [0.2, 0.25) is 0 Å². The molecule has 2 heterocycles. The van der Waals surface area contributed by atoms with E-state index in [-0.39, 0.29) is 17.9 Å². The van der Waals surface area contributed by atoms with Gasteiger partial charge in [-0.25, -0.2) is 4.98 Å². The normalized spacial score (nSPS) is 21.0. The van der Waals surface area contributed by atoms with Crippen LogP contribution in [0, 0.1) is 11.8 Å². The van der Waals surface area contributed by atoms with Gasteiger partial charge in [0.2, 0.25) is 5.88 Å². The topological polar surface area (TPSA) is 71.5 Å². The van der Waals surface area contributed by atoms with Crippen molar-refractivity contribution in [1.29, 1.82) is 0 Å². The lowest BCUT2D eigenvalue weighted by atomic mass is 9.85. The van der Waals surface area contributed by atoms with Gasteiger partial charge in [-0.15, -0.1) is 0 Å². The fourth-order valence-corrected chi connectivity index (χ4v) is 4.64. The van der Waals surface area contributed by atoms with Crippen LogP contribution in [-0.4, -0.2) is 35.3 Å². The highest BCUT2D eigenvalue weighted by atomic mass is 16.5. The number of nitrogens with zero attached hydrogens (tertiary/aromatic N) is 1. The second kappa shape index (κ2) is 9.40. The third-order valence-electron chi connectivity index (χ3n) is 6.28. The van der Waals surface area contributed by atoms with Crippen molar-refractivity contribution < 1.29 is 14.6 Å². The second-order valence-corrected chi connectivity index (χ2v) is 8.34. The van der Waals surface area contributed by atoms with E-state index in [0.29, 0.717) is 12.3 Å². The van der Waals surface area contributed by atoms with E-state index in [2.05, 4.69) is 22.4 Å². The quantitative estimate of drug-likeness (QED) is 0.732. The third kappa shape index (κ3) is 4.96. The van der Waals surface area contributed by atoms with E-state index in [1.54, 1.807) is 6.20 Å². The zero-order valence-electron chi connectivity index (χ0n) is 16.8. The molecule has 1 aromatic heterocycles. The molecule has 1 aromatic carbocycles. The number of carboxylic acids is 1. The molecule has 5 heteroatoms. The van der Waals surface area contributed by atoms with Gasteiger partial charge in [0.25, 0.3) is 0 Å². The molecule has 1 saturated heterocycles. The van der Waals surface area contributed by atoms with E-state index < -0.39 is 5.97 Å². The molecule has 29 heavy (non-hydrogen) atoms. The van der Waals surface area contributed by atoms with Crippen LogP contribution in [0.1, 0.15) is 44.1 Å². The lowest BCUT2D eigenvalue weighted by Gasteiger charge is -2.23. The Morgan fingerprint density at radius 1 is 1.17 bits per heavy atom. The molecule has 2 N–H and O–H groups in total. The van der Waals surface area contributed by atoms with E-state index in [9.17, 15) is 9.90 Å². The lowest BCUT2D eigenvalue weighted by molar-refractivity contribution is -0.143. The van der Waals surface area contributed by atoms with E-state index in [4.69, 9.17) is 4.74 Å². The number of ether oxygens (including phenoxy) is 1. The summed E-state index contributed by atoms with van der Waals surface area (Å²) in [5, 5.41) is 13.0. The number of nitrogens with one attached hydrogen (secondary N) is 1. The number of rotatable bonds is 7. The van der Waals surface area contributed by atoms with Gasteiger partial charge in [0, 0.05) is 11.8 Å². The van der Waals surface area contributed by atoms with E-state index in [1.165, 1.54) is 19.3 Å². The number of benzene rings is 1. The zero-order valence-corrected chi connectivity index (χ0v) is 16.8. The number of pyridine rings is 1. The standard InChI is InChI=1S/C24H30N2O3/c27-24(28)22(19-11-13-25-16-19)15-17-6-4-7-18(14-17)21-10-5-12-26-23(21)29-20-8-2-1-3-9-20/h4-7,10,12,14,19-20,22,25H,1-3,8-9,11,13,15-16H2,(H,27,28)/t19-,22-/m0/s1. The van der Waals surface area contributed by atoms with Crippen LogP contribution >= 0.6 is 0 Å². The molecule has 0 bridgehead atoms. The molecule has 0 spiro atoms. The fourth-order valence-electron chi connectivity index (χ4n) is 4.64. The van der Waals surface area contributed by atoms with Crippen molar-refractivity contribution in [3.63, 3.8) is 0 Å². The summed E-state index contributed by atoms with van der Waals surface area (Å²) >= 11 is 0. The average molecular weight is 395 g/mol. The van der Waals surface area contributed by atoms with Gasteiger partial charge in [0.1, 0.15) is 6.10 Å². The highest BCUT2D eigenvalue weighted by Crippen LogP contribution is 2.32. The van der Waals surface area contributed by atoms with Crippen molar-refractivity contribution >= 4 is 5.97 Å². The molecule has 0 amide bonds. The van der Waals surface area contributed by atoms with Gasteiger partial charge in [-0.05, 0) is 80.8 Å². The predicted octanol–water partition coefficient (Wildman–Crippen LogP) is 4.31. The smallest absolute Gasteiger partial charge is 0.307 e. The van der Waals surface area contributed by atoms with Gasteiger partial charge in [0.05, 0.1) is 5.92 Å². The van der Waals surface area contributed by atoms with E-state index in [0.717, 1.165) is 49.0 Å². The summed E-state index contributed by atoms with van der Waals surface area (Å²) in [4.78, 5) is 16.4. The Morgan fingerprint density at radius 3 is 2.79 bits per heavy atom. The summed E-state index contributed by atoms with van der Waals surface area (Å²) in [6.07, 6.45) is 9.40. The van der Waals surface area contributed by atoms with Gasteiger partial charge >= 0.3 is 5.97 Å². The first-order chi connectivity index (χ1) is 14.2. The number of aromatic nitrogens is 1. The molecule has 1 saturated carbocycles. The maximum atomic E-state index is 11.9. The highest BCUT2D eigenvalue weighted by molar-refractivity contribution is 5.72. The van der Waals surface area contributed by atoms with Crippen LogP contribution in [-0.2, 0) is 11.2 Å². The molecular weight excluding hydrogens is 364 g/mol. The van der Waals surface area contributed by atoms with Gasteiger partial charge < -0.3 is 15.2 Å². The lowest BCUT2D eigenvalue weighted by Crippen LogP contribution is -2.27. The first kappa shape index (κ1) is 19.9. The van der Waals surface area contributed by atoms with Crippen molar-refractivity contribution in [2.45, 2.75) is 51.0 Å². The molecule has 1 aliphatic carbocycles. The number of hydrogen-bond donors (Lipinski definition) is 2. The maximum absolute atomic E-state index is 11.9. The van der Waals surface area contributed by atoms with E-state index >= 15 is 0 Å². The van der Waals surface area contributed by atoms with Gasteiger partial charge in [-0.3, -0.25) is 4.79 Å². The van der Waals surface area contributed by atoms with Crippen molar-refractivity contribution in [3.8, 4) is 17.0 Å². The summed E-state index contributed by atoms with van der Waals surface area (Å²) < 4.78 is 6.27. The monoisotopic (exact) mass is 394 g/mol. The predicted molar refractivity (Wildman–Crippen MR) is 113 cm³/mol. The molecule has 2 fully saturated rings. The number of carbonyl (C=O) groups is 1. The van der Waals surface area contributed by atoms with Crippen LogP contribution in [0.4, 0.5) is 0 Å². The molecule has 0 radical (unpaired) electrons. The summed E-state index contributed by atoms with van der Waals surface area (Å²) in [6.45, 7) is 1.70. The number of aliphatic carboxylic acids is 1. The van der Waals surface area contributed by atoms with Crippen LogP contribution < -0.4 is 10.1 Å². The van der Waals surface area contributed by atoms with Gasteiger partial charge in [-0.2, -0.15) is 0 Å². The third-order valence-corrected chi connectivity index (χ3v) is 6.28. The van der Waals surface area contributed by atoms with E-state index in [1.807, 2.05) is 24.3 Å². The van der Waals surface area contributed by atoms with Crippen molar-refractivity contribution in [2.75, 3.05) is 13.1 Å². The Morgan fingerprint density at radius 2 is 2.03 bits per heavy atom. The van der Waals surface area contributed by atoms with Crippen LogP contribution in [0.15, 0.2) is 42.6 Å². The Bertz CT molecular complexity index is 826. The first-order valence-electron chi connectivity index (χ1n) is 10.8. The number of hydrogen-bond acceptors (Lipinski definition) is 4. The molecule has 154 valence electrons. The van der Waals surface area contributed by atoms with Crippen LogP contribution in [0.3, 0.4) is 0 Å². The summed E-state index contributed by atoms with van der Waals surface area (Å²) in [5.41, 5.74) is 3.07. The Kier molecular flexibility index (Phi) is 6.45. The maximum Gasteiger partial charge on any atom is 0.307 e. The Balaban J connectivity index is 1.54. The first-order valence-corrected chi connectivity index (χ1v) is 10.8. The molecule has 2 aromatic rings. The summed E-state index contributed by atoms with van der Waals surface area (Å²) in [5.74, 6) is -0.176. The van der Waals surface area contributed by atoms with Crippen molar-refractivity contribution in [2.24, 2.45) is 11.8 Å². The summed E-state index contributed by atoms with van der Waals surface area (Å²) in [6, 6.07) is 12.2. The molecule has 4 rings (SSSR count). The molecule has 2 atom stereocenters. The minimum atomic E-state index is -0.702. The SMILES string of the molecule is O=C(O)[C@@H](Cc1cccc(-c2cccnc2OC2CCCCC2)c1)[C@H]1CCNC1. The van der Waals surface area contributed by atoms with Crippen molar-refractivity contribution in [3.05, 3.63) is 48.2 Å². The number of carboxylic acid groups (broad SMARTS) is 1. The van der Waals surface area contributed by atoms with Crippen molar-refractivity contribution in [1.82, 2.24) is 10.3 Å². The van der Waals surface area contributed by atoms with Gasteiger partial charge in [0.15, 0.2) is 0 Å². The fraction of sp³-hybridized carbons (Fsp3) is 0.500. The molecule has 1 aliphatic heterocycles. The minimum Gasteiger partial charge on any atom is -0.481 e. The Labute approximate surface area is 172 Å². The molecule has 0 unspecified atom stereocenters.